The third kappa shape index (κ3) is 0.561. The highest BCUT2D eigenvalue weighted by molar-refractivity contribution is 5.17. The Kier molecular flexibility index (Phi) is 0.877. The van der Waals surface area contributed by atoms with Crippen LogP contribution in [0.3, 0.4) is 0 Å². The summed E-state index contributed by atoms with van der Waals surface area (Å²) in [6.07, 6.45) is 10.6. The van der Waals surface area contributed by atoms with E-state index in [0.717, 1.165) is 12.8 Å². The lowest BCUT2D eigenvalue weighted by Gasteiger charge is -2.03. The molecule has 1 aromatic heterocycles. The van der Waals surface area contributed by atoms with E-state index in [-0.39, 0.29) is 5.54 Å². The van der Waals surface area contributed by atoms with Gasteiger partial charge < -0.3 is 0 Å². The summed E-state index contributed by atoms with van der Waals surface area (Å²) in [5.41, 5.74) is -0.163. The van der Waals surface area contributed by atoms with E-state index < -0.39 is 0 Å². The lowest BCUT2D eigenvalue weighted by Crippen LogP contribution is -2.17. The van der Waals surface area contributed by atoms with Crippen molar-refractivity contribution in [3.63, 3.8) is 0 Å². The van der Waals surface area contributed by atoms with Crippen molar-refractivity contribution in [3.8, 4) is 12.3 Å². The first-order chi connectivity index (χ1) is 4.87. The molecule has 1 aromatic rings. The lowest BCUT2D eigenvalue weighted by molar-refractivity contribution is 0.471. The molecule has 3 heteroatoms. The highest BCUT2D eigenvalue weighted by Gasteiger charge is 2.44. The molecule has 1 heterocycles. The Morgan fingerprint density at radius 3 is 2.40 bits per heavy atom. The fourth-order valence-electron chi connectivity index (χ4n) is 0.957. The van der Waals surface area contributed by atoms with E-state index >= 15 is 0 Å². The van der Waals surface area contributed by atoms with Gasteiger partial charge in [-0.15, -0.1) is 6.42 Å². The minimum Gasteiger partial charge on any atom is -0.166 e. The van der Waals surface area contributed by atoms with Crippen LogP contribution in [0.2, 0.25) is 0 Å². The molecule has 50 valence electrons. The Morgan fingerprint density at radius 2 is 2.00 bits per heavy atom. The van der Waals surface area contributed by atoms with E-state index in [1.165, 1.54) is 0 Å². The lowest BCUT2D eigenvalue weighted by atomic mass is 10.3. The van der Waals surface area contributed by atoms with Gasteiger partial charge in [0, 0.05) is 0 Å². The van der Waals surface area contributed by atoms with Crippen LogP contribution in [0.5, 0.6) is 0 Å². The summed E-state index contributed by atoms with van der Waals surface area (Å²) in [5, 5.41) is 7.97. The number of terminal acetylenes is 1. The Morgan fingerprint density at radius 1 is 1.40 bits per heavy atom. The van der Waals surface area contributed by atoms with Gasteiger partial charge in [-0.25, -0.2) is 0 Å². The van der Waals surface area contributed by atoms with E-state index in [9.17, 15) is 0 Å². The third-order valence-electron chi connectivity index (χ3n) is 1.79. The zero-order valence-electron chi connectivity index (χ0n) is 5.49. The Hall–Kier alpha value is -1.30. The van der Waals surface area contributed by atoms with Crippen LogP contribution in [0.15, 0.2) is 12.4 Å². The minimum absolute atomic E-state index is 0.163. The number of rotatable bonds is 1. The minimum atomic E-state index is -0.163. The maximum Gasteiger partial charge on any atom is 0.142 e. The van der Waals surface area contributed by atoms with E-state index in [0.29, 0.717) is 0 Å². The molecular formula is C7H7N3. The summed E-state index contributed by atoms with van der Waals surface area (Å²) < 4.78 is 0. The molecule has 1 aliphatic carbocycles. The monoisotopic (exact) mass is 133 g/mol. The Labute approximate surface area is 59.0 Å². The SMILES string of the molecule is C#CC1(n2nccn2)CC1. The molecule has 0 spiro atoms. The molecule has 1 aliphatic rings. The van der Waals surface area contributed by atoms with Crippen molar-refractivity contribution in [3.05, 3.63) is 12.4 Å². The molecule has 0 radical (unpaired) electrons. The number of aromatic nitrogens is 3. The molecule has 0 aromatic carbocycles. The van der Waals surface area contributed by atoms with Gasteiger partial charge in [-0.3, -0.25) is 0 Å². The highest BCUT2D eigenvalue weighted by atomic mass is 15.5. The van der Waals surface area contributed by atoms with Gasteiger partial charge in [0.05, 0.1) is 12.4 Å². The average molecular weight is 133 g/mol. The molecule has 0 aliphatic heterocycles. The fraction of sp³-hybridized carbons (Fsp3) is 0.429. The van der Waals surface area contributed by atoms with Crippen LogP contribution in [0.4, 0.5) is 0 Å². The van der Waals surface area contributed by atoms with E-state index in [2.05, 4.69) is 16.1 Å². The molecule has 0 amide bonds. The van der Waals surface area contributed by atoms with Gasteiger partial charge in [0.1, 0.15) is 5.54 Å². The smallest absolute Gasteiger partial charge is 0.142 e. The molecule has 0 unspecified atom stereocenters. The van der Waals surface area contributed by atoms with Gasteiger partial charge in [-0.05, 0) is 12.8 Å². The molecular weight excluding hydrogens is 126 g/mol. The standard InChI is InChI=1S/C7H7N3/c1-2-7(3-4-7)10-8-5-6-9-10/h1,5-6H,3-4H2. The Balaban J connectivity index is 2.38. The molecule has 1 saturated carbocycles. The van der Waals surface area contributed by atoms with Crippen molar-refractivity contribution in [1.82, 2.24) is 15.0 Å². The molecule has 2 rings (SSSR count). The van der Waals surface area contributed by atoms with Gasteiger partial charge in [0.2, 0.25) is 0 Å². The molecule has 0 saturated heterocycles. The van der Waals surface area contributed by atoms with Crippen LogP contribution in [0.1, 0.15) is 12.8 Å². The predicted molar refractivity (Wildman–Crippen MR) is 36.1 cm³/mol. The summed E-state index contributed by atoms with van der Waals surface area (Å²) in [6, 6.07) is 0. The first-order valence-electron chi connectivity index (χ1n) is 3.22. The molecule has 3 nitrogen and oxygen atoms in total. The fourth-order valence-corrected chi connectivity index (χ4v) is 0.957. The Bertz CT molecular complexity index is 264. The second-order valence-electron chi connectivity index (χ2n) is 2.49. The maximum atomic E-state index is 5.31. The van der Waals surface area contributed by atoms with E-state index in [4.69, 9.17) is 6.42 Å². The maximum absolute atomic E-state index is 5.31. The number of hydrogen-bond donors (Lipinski definition) is 0. The number of nitrogens with zero attached hydrogens (tertiary/aromatic N) is 3. The van der Waals surface area contributed by atoms with E-state index in [1.807, 2.05) is 0 Å². The van der Waals surface area contributed by atoms with Crippen molar-refractivity contribution in [2.75, 3.05) is 0 Å². The van der Waals surface area contributed by atoms with E-state index in [1.54, 1.807) is 17.2 Å². The molecule has 1 fully saturated rings. The normalized spacial score (nSPS) is 19.9. The van der Waals surface area contributed by atoms with Crippen LogP contribution in [0.25, 0.3) is 0 Å². The van der Waals surface area contributed by atoms with Crippen molar-refractivity contribution in [2.24, 2.45) is 0 Å². The van der Waals surface area contributed by atoms with Gasteiger partial charge in [0.25, 0.3) is 0 Å². The topological polar surface area (TPSA) is 30.7 Å². The van der Waals surface area contributed by atoms with Gasteiger partial charge in [0.15, 0.2) is 0 Å². The molecule has 0 bridgehead atoms. The van der Waals surface area contributed by atoms with Crippen molar-refractivity contribution in [2.45, 2.75) is 18.4 Å². The molecule has 0 N–H and O–H groups in total. The van der Waals surface area contributed by atoms with Crippen LogP contribution in [-0.4, -0.2) is 15.0 Å². The summed E-state index contributed by atoms with van der Waals surface area (Å²) in [4.78, 5) is 1.62. The van der Waals surface area contributed by atoms with Crippen LogP contribution >= 0.6 is 0 Å². The average Bonchev–Trinajstić information content (AvgIpc) is 2.58. The highest BCUT2D eigenvalue weighted by Crippen LogP contribution is 2.41. The van der Waals surface area contributed by atoms with Crippen LogP contribution in [0, 0.1) is 12.3 Å². The van der Waals surface area contributed by atoms with Crippen LogP contribution < -0.4 is 0 Å². The van der Waals surface area contributed by atoms with Crippen molar-refractivity contribution >= 4 is 0 Å². The quantitative estimate of drug-likeness (QED) is 0.519. The molecule has 10 heavy (non-hydrogen) atoms. The molecule has 0 atom stereocenters. The summed E-state index contributed by atoms with van der Waals surface area (Å²) in [6.45, 7) is 0. The van der Waals surface area contributed by atoms with Crippen molar-refractivity contribution < 1.29 is 0 Å². The number of hydrogen-bond acceptors (Lipinski definition) is 2. The predicted octanol–water partition coefficient (Wildman–Crippen LogP) is 0.400. The zero-order chi connectivity index (χ0) is 7.03. The van der Waals surface area contributed by atoms with Gasteiger partial charge in [-0.1, -0.05) is 5.92 Å². The summed E-state index contributed by atoms with van der Waals surface area (Å²) >= 11 is 0. The second-order valence-corrected chi connectivity index (χ2v) is 2.49. The largest absolute Gasteiger partial charge is 0.166 e. The first-order valence-corrected chi connectivity index (χ1v) is 3.22. The van der Waals surface area contributed by atoms with Crippen molar-refractivity contribution in [1.29, 1.82) is 0 Å². The second kappa shape index (κ2) is 1.60. The van der Waals surface area contributed by atoms with Crippen LogP contribution in [-0.2, 0) is 5.54 Å². The third-order valence-corrected chi connectivity index (χ3v) is 1.79. The van der Waals surface area contributed by atoms with Gasteiger partial charge >= 0.3 is 0 Å². The zero-order valence-corrected chi connectivity index (χ0v) is 5.49. The summed E-state index contributed by atoms with van der Waals surface area (Å²) in [7, 11) is 0. The summed E-state index contributed by atoms with van der Waals surface area (Å²) in [5.74, 6) is 2.69. The van der Waals surface area contributed by atoms with Gasteiger partial charge in [-0.2, -0.15) is 15.0 Å². The first kappa shape index (κ1) is 5.48.